The van der Waals surface area contributed by atoms with Crippen LogP contribution in [0.25, 0.3) is 0 Å². The van der Waals surface area contributed by atoms with Gasteiger partial charge in [0.1, 0.15) is 10.7 Å². The fourth-order valence-corrected chi connectivity index (χ4v) is 5.73. The number of fused-ring (bicyclic) bond motifs is 1. The summed E-state index contributed by atoms with van der Waals surface area (Å²) < 4.78 is 41.4. The van der Waals surface area contributed by atoms with E-state index in [1.54, 1.807) is 17.5 Å². The Morgan fingerprint density at radius 2 is 1.87 bits per heavy atom. The summed E-state index contributed by atoms with van der Waals surface area (Å²) in [6, 6.07) is 14.9. The number of anilines is 2. The maximum absolute atomic E-state index is 13.6. The van der Waals surface area contributed by atoms with Gasteiger partial charge in [0.25, 0.3) is 10.0 Å². The number of hydrogen-bond donors (Lipinski definition) is 1. The quantitative estimate of drug-likeness (QED) is 0.569. The molecule has 0 spiro atoms. The van der Waals surface area contributed by atoms with Crippen LogP contribution in [0.15, 0.2) is 71.1 Å². The van der Waals surface area contributed by atoms with Crippen molar-refractivity contribution in [3.8, 4) is 0 Å². The summed E-state index contributed by atoms with van der Waals surface area (Å²) in [5.74, 6) is -0.996. The van der Waals surface area contributed by atoms with Crippen LogP contribution < -0.4 is 9.62 Å². The Kier molecular flexibility index (Phi) is 5.44. The molecule has 0 bridgehead atoms. The van der Waals surface area contributed by atoms with E-state index in [1.807, 2.05) is 31.2 Å². The number of nitrogens with one attached hydrogen (secondary N) is 1. The number of Topliss-reactive ketones (excluding diaryl/α,β-unsaturated/α-hetero) is 1. The molecule has 0 unspecified atom stereocenters. The second-order valence-corrected chi connectivity index (χ2v) is 9.56. The van der Waals surface area contributed by atoms with Crippen LogP contribution in [0.3, 0.4) is 0 Å². The van der Waals surface area contributed by atoms with E-state index in [1.165, 1.54) is 35.7 Å². The number of sulfonamides is 1. The van der Waals surface area contributed by atoms with E-state index in [4.69, 9.17) is 0 Å². The van der Waals surface area contributed by atoms with Gasteiger partial charge in [-0.15, -0.1) is 11.3 Å². The van der Waals surface area contributed by atoms with Crippen molar-refractivity contribution < 1.29 is 17.6 Å². The molecule has 154 valence electrons. The van der Waals surface area contributed by atoms with Gasteiger partial charge in [0.15, 0.2) is 4.91 Å². The van der Waals surface area contributed by atoms with E-state index in [0.717, 1.165) is 16.3 Å². The Morgan fingerprint density at radius 3 is 2.57 bits per heavy atom. The third-order valence-corrected chi connectivity index (χ3v) is 7.53. The topological polar surface area (TPSA) is 66.5 Å². The smallest absolute Gasteiger partial charge is 0.270 e. The minimum absolute atomic E-state index is 0.0698. The third kappa shape index (κ3) is 3.76. The maximum atomic E-state index is 13.6. The van der Waals surface area contributed by atoms with E-state index in [9.17, 15) is 17.6 Å². The van der Waals surface area contributed by atoms with E-state index >= 15 is 0 Å². The molecule has 0 aliphatic carbocycles. The number of carbonyl (C=O) groups is 1. The number of nitrogens with zero attached hydrogens (tertiary/aromatic N) is 1. The first kappa shape index (κ1) is 20.3. The molecule has 0 saturated carbocycles. The number of aryl methyl sites for hydroxylation is 1. The van der Waals surface area contributed by atoms with Gasteiger partial charge < -0.3 is 5.32 Å². The Bertz CT molecular complexity index is 1230. The second-order valence-electron chi connectivity index (χ2n) is 6.81. The van der Waals surface area contributed by atoms with E-state index < -0.39 is 21.6 Å². The number of ketones is 1. The summed E-state index contributed by atoms with van der Waals surface area (Å²) in [7, 11) is -4.12. The molecular formula is C22H19FN2O3S2. The Labute approximate surface area is 178 Å². The van der Waals surface area contributed by atoms with Crippen LogP contribution in [0.4, 0.5) is 15.8 Å². The summed E-state index contributed by atoms with van der Waals surface area (Å²) in [6.45, 7) is 1.98. The molecule has 2 heterocycles. The van der Waals surface area contributed by atoms with Crippen molar-refractivity contribution in [2.45, 2.75) is 19.9 Å². The molecule has 30 heavy (non-hydrogen) atoms. The van der Waals surface area contributed by atoms with Gasteiger partial charge in [-0.25, -0.2) is 12.8 Å². The average Bonchev–Trinajstić information content (AvgIpc) is 3.21. The summed E-state index contributed by atoms with van der Waals surface area (Å²) in [5.41, 5.74) is 2.64. The number of allylic oxidation sites excluding steroid dienone is 1. The van der Waals surface area contributed by atoms with E-state index in [0.29, 0.717) is 21.8 Å². The first-order valence-corrected chi connectivity index (χ1v) is 11.7. The lowest BCUT2D eigenvalue weighted by Gasteiger charge is -2.29. The van der Waals surface area contributed by atoms with Gasteiger partial charge in [-0.2, -0.15) is 0 Å². The SMILES string of the molecule is CCc1ccc(N/C=C2/C(=O)c3sccc3N(Cc3cccc(F)c3)S2(=O)=O)cc1. The lowest BCUT2D eigenvalue weighted by Crippen LogP contribution is -2.38. The molecule has 1 aromatic heterocycles. The molecule has 1 N–H and O–H groups in total. The van der Waals surface area contributed by atoms with Gasteiger partial charge in [-0.05, 0) is 53.3 Å². The van der Waals surface area contributed by atoms with Crippen LogP contribution >= 0.6 is 11.3 Å². The van der Waals surface area contributed by atoms with Gasteiger partial charge >= 0.3 is 0 Å². The van der Waals surface area contributed by atoms with E-state index in [-0.39, 0.29) is 11.4 Å². The molecular weight excluding hydrogens is 423 g/mol. The van der Waals surface area contributed by atoms with Crippen molar-refractivity contribution in [1.29, 1.82) is 0 Å². The maximum Gasteiger partial charge on any atom is 0.270 e. The lowest BCUT2D eigenvalue weighted by atomic mass is 10.1. The highest BCUT2D eigenvalue weighted by molar-refractivity contribution is 7.97. The van der Waals surface area contributed by atoms with Crippen molar-refractivity contribution in [2.24, 2.45) is 0 Å². The van der Waals surface area contributed by atoms with Crippen molar-refractivity contribution >= 4 is 38.5 Å². The van der Waals surface area contributed by atoms with Gasteiger partial charge in [0.05, 0.1) is 12.2 Å². The minimum atomic E-state index is -4.12. The van der Waals surface area contributed by atoms with Crippen LogP contribution in [0.1, 0.15) is 27.7 Å². The van der Waals surface area contributed by atoms with Gasteiger partial charge in [0.2, 0.25) is 5.78 Å². The first-order valence-electron chi connectivity index (χ1n) is 9.35. The third-order valence-electron chi connectivity index (χ3n) is 4.86. The zero-order chi connectivity index (χ0) is 21.3. The normalized spacial score (nSPS) is 16.5. The van der Waals surface area contributed by atoms with E-state index in [2.05, 4.69) is 5.32 Å². The summed E-state index contributed by atoms with van der Waals surface area (Å²) in [4.78, 5) is 12.9. The number of hydrogen-bond acceptors (Lipinski definition) is 5. The van der Waals surface area contributed by atoms with Crippen molar-refractivity contribution in [1.82, 2.24) is 0 Å². The number of thiophene rings is 1. The van der Waals surface area contributed by atoms with Crippen molar-refractivity contribution in [2.75, 3.05) is 9.62 Å². The number of rotatable bonds is 5. The molecule has 2 aromatic carbocycles. The molecule has 0 saturated heterocycles. The fraction of sp³-hybridized carbons (Fsp3) is 0.136. The molecule has 4 rings (SSSR count). The van der Waals surface area contributed by atoms with Gasteiger partial charge in [-0.1, -0.05) is 31.2 Å². The zero-order valence-corrected chi connectivity index (χ0v) is 17.8. The standard InChI is InChI=1S/C22H19FN2O3S2/c1-2-15-6-8-18(9-7-15)24-13-20-21(26)22-19(10-11-29-22)25(30(20,27)28)14-16-4-3-5-17(23)12-16/h3-13,24H,2,14H2,1H3/b20-13-. The molecule has 5 nitrogen and oxygen atoms in total. The van der Waals surface area contributed by atoms with Crippen LogP contribution in [-0.2, 0) is 23.0 Å². The largest absolute Gasteiger partial charge is 0.360 e. The monoisotopic (exact) mass is 442 g/mol. The average molecular weight is 443 g/mol. The number of benzene rings is 2. The fourth-order valence-electron chi connectivity index (χ4n) is 3.24. The second kappa shape index (κ2) is 8.04. The Hall–Kier alpha value is -2.97. The Balaban J connectivity index is 1.71. The highest BCUT2D eigenvalue weighted by atomic mass is 32.2. The predicted molar refractivity (Wildman–Crippen MR) is 118 cm³/mol. The number of carbonyl (C=O) groups excluding carboxylic acids is 1. The van der Waals surface area contributed by atoms with Crippen LogP contribution in [-0.4, -0.2) is 14.2 Å². The highest BCUT2D eigenvalue weighted by Crippen LogP contribution is 2.39. The van der Waals surface area contributed by atoms with Crippen LogP contribution in [0, 0.1) is 5.82 Å². The molecule has 0 atom stereocenters. The van der Waals surface area contributed by atoms with Crippen LogP contribution in [0.5, 0.6) is 0 Å². The molecule has 0 fully saturated rings. The highest BCUT2D eigenvalue weighted by Gasteiger charge is 2.41. The van der Waals surface area contributed by atoms with Gasteiger partial charge in [-0.3, -0.25) is 9.10 Å². The van der Waals surface area contributed by atoms with Crippen molar-refractivity contribution in [3.63, 3.8) is 0 Å². The molecule has 0 amide bonds. The molecule has 0 radical (unpaired) electrons. The summed E-state index contributed by atoms with van der Waals surface area (Å²) in [6.07, 6.45) is 2.13. The van der Waals surface area contributed by atoms with Crippen LogP contribution in [0.2, 0.25) is 0 Å². The molecule has 1 aliphatic rings. The Morgan fingerprint density at radius 1 is 1.10 bits per heavy atom. The summed E-state index contributed by atoms with van der Waals surface area (Å²) in [5, 5.41) is 4.60. The predicted octanol–water partition coefficient (Wildman–Crippen LogP) is 4.94. The summed E-state index contributed by atoms with van der Waals surface area (Å²) >= 11 is 1.18. The zero-order valence-electron chi connectivity index (χ0n) is 16.1. The van der Waals surface area contributed by atoms with Crippen molar-refractivity contribution in [3.05, 3.63) is 92.9 Å². The molecule has 3 aromatic rings. The first-order chi connectivity index (χ1) is 14.4. The lowest BCUT2D eigenvalue weighted by molar-refractivity contribution is 0.104. The minimum Gasteiger partial charge on any atom is -0.360 e. The molecule has 1 aliphatic heterocycles. The molecule has 8 heteroatoms. The number of halogens is 1. The van der Waals surface area contributed by atoms with Gasteiger partial charge in [0, 0.05) is 11.9 Å².